The Bertz CT molecular complexity index is 1620. The molecule has 3 aromatic carbocycles. The summed E-state index contributed by atoms with van der Waals surface area (Å²) >= 11 is 1.64. The lowest BCUT2D eigenvalue weighted by Crippen LogP contribution is -2.14. The molecule has 5 aromatic rings. The lowest BCUT2D eigenvalue weighted by atomic mass is 10.0. The van der Waals surface area contributed by atoms with Crippen LogP contribution in [0.3, 0.4) is 0 Å². The summed E-state index contributed by atoms with van der Waals surface area (Å²) in [6, 6.07) is 22.3. The van der Waals surface area contributed by atoms with Gasteiger partial charge in [0.15, 0.2) is 0 Å². The van der Waals surface area contributed by atoms with E-state index in [4.69, 9.17) is 9.84 Å². The van der Waals surface area contributed by atoms with Crippen LogP contribution in [0, 0.1) is 19.8 Å². The minimum absolute atomic E-state index is 0.0495. The third kappa shape index (κ3) is 4.82. The number of benzene rings is 3. The van der Waals surface area contributed by atoms with Crippen molar-refractivity contribution in [3.8, 4) is 22.7 Å². The molecule has 1 aliphatic rings. The fourth-order valence-corrected chi connectivity index (χ4v) is 5.81. The molecular formula is C31H30N4O2S. The van der Waals surface area contributed by atoms with Crippen LogP contribution in [0.2, 0.25) is 0 Å². The predicted octanol–water partition coefficient (Wildman–Crippen LogP) is 7.30. The van der Waals surface area contributed by atoms with Crippen LogP contribution in [0.5, 0.6) is 5.75 Å². The number of aryl methyl sites for hydroxylation is 2. The van der Waals surface area contributed by atoms with Crippen molar-refractivity contribution in [2.75, 3.05) is 11.9 Å². The van der Waals surface area contributed by atoms with E-state index in [1.165, 1.54) is 0 Å². The number of fused-ring (bicyclic) bond motifs is 1. The van der Waals surface area contributed by atoms with Crippen molar-refractivity contribution in [2.24, 2.45) is 5.92 Å². The molecule has 192 valence electrons. The molecule has 6 nitrogen and oxygen atoms in total. The lowest BCUT2D eigenvalue weighted by molar-refractivity contribution is -0.117. The molecule has 1 aliphatic carbocycles. The van der Waals surface area contributed by atoms with Crippen molar-refractivity contribution in [3.63, 3.8) is 0 Å². The molecule has 2 heterocycles. The topological polar surface area (TPSA) is 69.0 Å². The van der Waals surface area contributed by atoms with E-state index in [0.29, 0.717) is 6.61 Å². The van der Waals surface area contributed by atoms with Crippen LogP contribution in [0.4, 0.5) is 5.69 Å². The second-order valence-electron chi connectivity index (χ2n) is 9.90. The number of para-hydroxylation sites is 1. The van der Waals surface area contributed by atoms with Gasteiger partial charge in [0.2, 0.25) is 5.91 Å². The number of hydrogen-bond acceptors (Lipinski definition) is 5. The van der Waals surface area contributed by atoms with Crippen LogP contribution in [0.25, 0.3) is 27.2 Å². The maximum atomic E-state index is 13.3. The fourth-order valence-electron chi connectivity index (χ4n) is 4.95. The van der Waals surface area contributed by atoms with Crippen LogP contribution in [-0.2, 0) is 4.79 Å². The van der Waals surface area contributed by atoms with E-state index < -0.39 is 0 Å². The lowest BCUT2D eigenvalue weighted by Gasteiger charge is -2.10. The molecule has 0 bridgehead atoms. The van der Waals surface area contributed by atoms with Gasteiger partial charge >= 0.3 is 0 Å². The van der Waals surface area contributed by atoms with Gasteiger partial charge in [0.05, 0.1) is 33.2 Å². The van der Waals surface area contributed by atoms with E-state index in [-0.39, 0.29) is 17.7 Å². The van der Waals surface area contributed by atoms with E-state index in [1.807, 2.05) is 66.2 Å². The second kappa shape index (κ2) is 10.1. The number of nitrogens with zero attached hydrogens (tertiary/aromatic N) is 3. The van der Waals surface area contributed by atoms with Crippen molar-refractivity contribution >= 4 is 33.1 Å². The molecule has 1 amide bonds. The fraction of sp³-hybridized carbons (Fsp3) is 0.258. The zero-order valence-corrected chi connectivity index (χ0v) is 22.6. The molecule has 2 unspecified atom stereocenters. The Kier molecular flexibility index (Phi) is 6.45. The van der Waals surface area contributed by atoms with Gasteiger partial charge in [-0.2, -0.15) is 5.10 Å². The highest BCUT2D eigenvalue weighted by Crippen LogP contribution is 2.51. The standard InChI is InChI=1S/C31H30N4O2S/c1-4-14-37-28-13-10-21(15-19(28)2)30-26(18-35(34-30)23-8-6-5-7-9-23)24-17-25(24)31(36)33-22-11-12-27-29(16-22)38-20(3)32-27/h5-13,15-16,18,24-25H,4,14,17H2,1-3H3,(H,33,36). The molecule has 0 spiro atoms. The monoisotopic (exact) mass is 522 g/mol. The third-order valence-corrected chi connectivity index (χ3v) is 7.90. The summed E-state index contributed by atoms with van der Waals surface area (Å²) in [4.78, 5) is 17.8. The number of rotatable bonds is 8. The number of carbonyl (C=O) groups excluding carboxylic acids is 1. The average Bonchev–Trinajstić information content (AvgIpc) is 3.45. The molecule has 1 saturated carbocycles. The van der Waals surface area contributed by atoms with E-state index in [0.717, 1.165) is 67.6 Å². The number of anilines is 1. The van der Waals surface area contributed by atoms with Crippen molar-refractivity contribution in [2.45, 2.75) is 39.5 Å². The number of thiazole rings is 1. The molecule has 6 rings (SSSR count). The molecule has 0 saturated heterocycles. The SMILES string of the molecule is CCCOc1ccc(-c2nn(-c3ccccc3)cc2C2CC2C(=O)Nc2ccc3nc(C)sc3c2)cc1C. The molecular weight excluding hydrogens is 492 g/mol. The smallest absolute Gasteiger partial charge is 0.228 e. The highest BCUT2D eigenvalue weighted by Gasteiger charge is 2.46. The van der Waals surface area contributed by atoms with Gasteiger partial charge in [0.1, 0.15) is 5.75 Å². The van der Waals surface area contributed by atoms with Gasteiger partial charge in [-0.15, -0.1) is 11.3 Å². The van der Waals surface area contributed by atoms with Crippen LogP contribution < -0.4 is 10.1 Å². The first-order chi connectivity index (χ1) is 18.5. The summed E-state index contributed by atoms with van der Waals surface area (Å²) in [7, 11) is 0. The molecule has 7 heteroatoms. The maximum Gasteiger partial charge on any atom is 0.228 e. The Morgan fingerprint density at radius 2 is 1.95 bits per heavy atom. The number of ether oxygens (including phenoxy) is 1. The van der Waals surface area contributed by atoms with Gasteiger partial charge < -0.3 is 10.1 Å². The summed E-state index contributed by atoms with van der Waals surface area (Å²) in [5.74, 6) is 0.979. The zero-order chi connectivity index (χ0) is 26.2. The van der Waals surface area contributed by atoms with Gasteiger partial charge in [0.25, 0.3) is 0 Å². The second-order valence-corrected chi connectivity index (χ2v) is 11.1. The van der Waals surface area contributed by atoms with Gasteiger partial charge in [-0.05, 0) is 80.8 Å². The Hall–Kier alpha value is -3.97. The number of carbonyl (C=O) groups is 1. The van der Waals surface area contributed by atoms with Crippen molar-refractivity contribution in [3.05, 3.63) is 89.1 Å². The largest absolute Gasteiger partial charge is 0.493 e. The normalized spacial score (nSPS) is 16.5. The summed E-state index contributed by atoms with van der Waals surface area (Å²) < 4.78 is 8.90. The first-order valence-corrected chi connectivity index (χ1v) is 13.9. The first-order valence-electron chi connectivity index (χ1n) is 13.1. The highest BCUT2D eigenvalue weighted by atomic mass is 32.1. The Morgan fingerprint density at radius 3 is 2.74 bits per heavy atom. The minimum atomic E-state index is -0.0886. The molecule has 0 aliphatic heterocycles. The van der Waals surface area contributed by atoms with E-state index in [1.54, 1.807) is 11.3 Å². The van der Waals surface area contributed by atoms with Gasteiger partial charge in [-0.25, -0.2) is 9.67 Å². The molecule has 1 fully saturated rings. The van der Waals surface area contributed by atoms with Gasteiger partial charge in [-0.3, -0.25) is 4.79 Å². The van der Waals surface area contributed by atoms with E-state index >= 15 is 0 Å². The quantitative estimate of drug-likeness (QED) is 0.232. The van der Waals surface area contributed by atoms with Crippen LogP contribution >= 0.6 is 11.3 Å². The summed E-state index contributed by atoms with van der Waals surface area (Å²) in [6.07, 6.45) is 3.86. The van der Waals surface area contributed by atoms with Crippen LogP contribution in [0.15, 0.2) is 72.9 Å². The summed E-state index contributed by atoms with van der Waals surface area (Å²) in [5.41, 5.74) is 6.91. The maximum absolute atomic E-state index is 13.3. The summed E-state index contributed by atoms with van der Waals surface area (Å²) in [6.45, 7) is 6.87. The minimum Gasteiger partial charge on any atom is -0.493 e. The molecule has 1 N–H and O–H groups in total. The van der Waals surface area contributed by atoms with Gasteiger partial charge in [-0.1, -0.05) is 25.1 Å². The summed E-state index contributed by atoms with van der Waals surface area (Å²) in [5, 5.41) is 9.15. The van der Waals surface area contributed by atoms with Crippen molar-refractivity contribution in [1.29, 1.82) is 0 Å². The number of hydrogen-bond donors (Lipinski definition) is 1. The van der Waals surface area contributed by atoms with Crippen molar-refractivity contribution < 1.29 is 9.53 Å². The van der Waals surface area contributed by atoms with Crippen molar-refractivity contribution in [1.82, 2.24) is 14.8 Å². The number of amides is 1. The first kappa shape index (κ1) is 24.4. The Balaban J connectivity index is 1.28. The Morgan fingerprint density at radius 1 is 1.11 bits per heavy atom. The number of aromatic nitrogens is 3. The molecule has 0 radical (unpaired) electrons. The Labute approximate surface area is 226 Å². The van der Waals surface area contributed by atoms with Crippen LogP contribution in [-0.4, -0.2) is 27.3 Å². The number of nitrogens with one attached hydrogen (secondary N) is 1. The molecule has 2 aromatic heterocycles. The zero-order valence-electron chi connectivity index (χ0n) is 21.8. The third-order valence-electron chi connectivity index (χ3n) is 6.96. The predicted molar refractivity (Wildman–Crippen MR) is 153 cm³/mol. The van der Waals surface area contributed by atoms with Gasteiger partial charge in [0, 0.05) is 34.8 Å². The molecule has 2 atom stereocenters. The molecule has 38 heavy (non-hydrogen) atoms. The van der Waals surface area contributed by atoms with Crippen LogP contribution in [0.1, 0.15) is 41.8 Å². The van der Waals surface area contributed by atoms with E-state index in [9.17, 15) is 4.79 Å². The van der Waals surface area contributed by atoms with E-state index in [2.05, 4.69) is 42.5 Å². The highest BCUT2D eigenvalue weighted by molar-refractivity contribution is 7.18. The average molecular weight is 523 g/mol.